The van der Waals surface area contributed by atoms with E-state index in [0.717, 1.165) is 43.2 Å². The number of benzene rings is 2. The molecular formula is C27H35N3O2. The largest absolute Gasteiger partial charge is 0.354 e. The number of nitrogens with zero attached hydrogens (tertiary/aromatic N) is 2. The summed E-state index contributed by atoms with van der Waals surface area (Å²) in [5.41, 5.74) is 3.41. The molecule has 1 N–H and O–H groups in total. The molecule has 5 heteroatoms. The molecule has 2 aliphatic heterocycles. The van der Waals surface area contributed by atoms with Gasteiger partial charge in [-0.25, -0.2) is 0 Å². The zero-order valence-corrected chi connectivity index (χ0v) is 19.1. The maximum absolute atomic E-state index is 12.9. The van der Waals surface area contributed by atoms with Gasteiger partial charge in [-0.3, -0.25) is 14.5 Å². The molecule has 0 aromatic heterocycles. The van der Waals surface area contributed by atoms with Gasteiger partial charge in [-0.1, -0.05) is 55.5 Å². The molecule has 2 amide bonds. The van der Waals surface area contributed by atoms with Crippen LogP contribution in [-0.4, -0.2) is 48.9 Å². The summed E-state index contributed by atoms with van der Waals surface area (Å²) in [6, 6.07) is 18.2. The van der Waals surface area contributed by atoms with Crippen molar-refractivity contribution >= 4 is 17.5 Å². The second-order valence-corrected chi connectivity index (χ2v) is 9.09. The zero-order valence-electron chi connectivity index (χ0n) is 19.1. The van der Waals surface area contributed by atoms with Crippen LogP contribution in [0.15, 0.2) is 54.6 Å². The highest BCUT2D eigenvalue weighted by Crippen LogP contribution is 2.32. The number of hydrogen-bond acceptors (Lipinski definition) is 3. The van der Waals surface area contributed by atoms with Crippen LogP contribution in [0.5, 0.6) is 0 Å². The minimum atomic E-state index is -0.423. The lowest BCUT2D eigenvalue weighted by atomic mass is 9.90. The quantitative estimate of drug-likeness (QED) is 0.644. The molecule has 1 fully saturated rings. The smallest absolute Gasteiger partial charge is 0.243 e. The van der Waals surface area contributed by atoms with Gasteiger partial charge in [0.1, 0.15) is 6.04 Å². The third-order valence-electron chi connectivity index (χ3n) is 6.87. The summed E-state index contributed by atoms with van der Waals surface area (Å²) in [4.78, 5) is 29.6. The third kappa shape index (κ3) is 5.39. The zero-order chi connectivity index (χ0) is 22.3. The van der Waals surface area contributed by atoms with Gasteiger partial charge in [0.2, 0.25) is 11.8 Å². The summed E-state index contributed by atoms with van der Waals surface area (Å²) in [7, 11) is 0. The number of piperidine rings is 1. The molecule has 32 heavy (non-hydrogen) atoms. The highest BCUT2D eigenvalue weighted by Gasteiger charge is 2.37. The van der Waals surface area contributed by atoms with Crippen molar-refractivity contribution in [2.45, 2.75) is 51.5 Å². The second-order valence-electron chi connectivity index (χ2n) is 9.09. The van der Waals surface area contributed by atoms with E-state index in [9.17, 15) is 9.59 Å². The van der Waals surface area contributed by atoms with Gasteiger partial charge in [0, 0.05) is 25.1 Å². The Bertz CT molecular complexity index is 906. The summed E-state index contributed by atoms with van der Waals surface area (Å²) in [6.07, 6.45) is 5.62. The predicted molar refractivity (Wildman–Crippen MR) is 129 cm³/mol. The molecule has 0 bridgehead atoms. The molecular weight excluding hydrogens is 398 g/mol. The van der Waals surface area contributed by atoms with E-state index < -0.39 is 6.04 Å². The van der Waals surface area contributed by atoms with Crippen molar-refractivity contribution in [3.8, 4) is 0 Å². The number of carbonyl (C=O) groups excluding carboxylic acids is 2. The Kier molecular flexibility index (Phi) is 7.59. The van der Waals surface area contributed by atoms with Gasteiger partial charge in [-0.15, -0.1) is 0 Å². The first-order chi connectivity index (χ1) is 15.7. The molecule has 1 atom stereocenters. The van der Waals surface area contributed by atoms with Crippen LogP contribution >= 0.6 is 0 Å². The molecule has 4 rings (SSSR count). The lowest BCUT2D eigenvalue weighted by Crippen LogP contribution is -2.48. The van der Waals surface area contributed by atoms with E-state index in [1.54, 1.807) is 4.90 Å². The number of para-hydroxylation sites is 1. The van der Waals surface area contributed by atoms with E-state index in [0.29, 0.717) is 19.4 Å². The number of carbonyl (C=O) groups is 2. The third-order valence-corrected chi connectivity index (χ3v) is 6.87. The molecule has 0 spiro atoms. The first kappa shape index (κ1) is 22.5. The van der Waals surface area contributed by atoms with Crippen molar-refractivity contribution in [1.29, 1.82) is 0 Å². The van der Waals surface area contributed by atoms with Crippen molar-refractivity contribution in [2.24, 2.45) is 5.92 Å². The average Bonchev–Trinajstić information content (AvgIpc) is 3.23. The van der Waals surface area contributed by atoms with Gasteiger partial charge in [0.25, 0.3) is 0 Å². The van der Waals surface area contributed by atoms with Crippen LogP contribution in [0.1, 0.15) is 43.7 Å². The van der Waals surface area contributed by atoms with Crippen molar-refractivity contribution in [3.05, 3.63) is 65.7 Å². The molecule has 0 saturated carbocycles. The van der Waals surface area contributed by atoms with E-state index in [1.807, 2.05) is 31.2 Å². The van der Waals surface area contributed by atoms with E-state index in [1.165, 1.54) is 24.8 Å². The van der Waals surface area contributed by atoms with Gasteiger partial charge in [0.15, 0.2) is 0 Å². The lowest BCUT2D eigenvalue weighted by Gasteiger charge is -2.32. The topological polar surface area (TPSA) is 52.7 Å². The highest BCUT2D eigenvalue weighted by atomic mass is 16.2. The van der Waals surface area contributed by atoms with Crippen LogP contribution in [0.25, 0.3) is 0 Å². The number of rotatable bonds is 8. The van der Waals surface area contributed by atoms with Crippen LogP contribution in [-0.2, 0) is 22.4 Å². The van der Waals surface area contributed by atoms with Crippen molar-refractivity contribution in [3.63, 3.8) is 0 Å². The van der Waals surface area contributed by atoms with Crippen LogP contribution in [0.2, 0.25) is 0 Å². The van der Waals surface area contributed by atoms with Crippen LogP contribution in [0, 0.1) is 5.92 Å². The molecule has 2 aromatic carbocycles. The molecule has 1 unspecified atom stereocenters. The Labute approximate surface area is 191 Å². The number of fused-ring (bicyclic) bond motifs is 1. The normalized spacial score (nSPS) is 19.0. The average molecular weight is 434 g/mol. The van der Waals surface area contributed by atoms with Crippen LogP contribution in [0.3, 0.4) is 0 Å². The second kappa shape index (κ2) is 10.8. The SMILES string of the molecule is CCC(=O)N1c2ccccc2CC1C(=O)NCCCN1CCC(Cc2ccccc2)CC1. The molecule has 170 valence electrons. The first-order valence-corrected chi connectivity index (χ1v) is 12.1. The standard InChI is InChI=1S/C27H35N3O2/c1-2-26(31)30-24-12-7-6-11-23(24)20-25(30)27(32)28-15-8-16-29-17-13-22(14-18-29)19-21-9-4-3-5-10-21/h3-7,9-12,22,25H,2,8,13-20H2,1H3,(H,28,32). The molecule has 5 nitrogen and oxygen atoms in total. The molecule has 1 saturated heterocycles. The van der Waals surface area contributed by atoms with Crippen molar-refractivity contribution in [2.75, 3.05) is 31.1 Å². The maximum Gasteiger partial charge on any atom is 0.243 e. The Balaban J connectivity index is 1.18. The fourth-order valence-corrected chi connectivity index (χ4v) is 5.07. The van der Waals surface area contributed by atoms with E-state index in [4.69, 9.17) is 0 Å². The van der Waals surface area contributed by atoms with Crippen molar-refractivity contribution in [1.82, 2.24) is 10.2 Å². The summed E-state index contributed by atoms with van der Waals surface area (Å²) in [6.45, 7) is 5.80. The predicted octanol–water partition coefficient (Wildman–Crippen LogP) is 3.82. The Hall–Kier alpha value is -2.66. The van der Waals surface area contributed by atoms with Gasteiger partial charge < -0.3 is 10.2 Å². The molecule has 0 radical (unpaired) electrons. The fourth-order valence-electron chi connectivity index (χ4n) is 5.07. The Morgan fingerprint density at radius 2 is 1.72 bits per heavy atom. The monoisotopic (exact) mass is 433 g/mol. The summed E-state index contributed by atoms with van der Waals surface area (Å²) >= 11 is 0. The molecule has 2 aromatic rings. The van der Waals surface area contributed by atoms with Gasteiger partial charge in [0.05, 0.1) is 0 Å². The molecule has 0 aliphatic carbocycles. The van der Waals surface area contributed by atoms with Gasteiger partial charge in [-0.05, 0) is 68.4 Å². The van der Waals surface area contributed by atoms with Gasteiger partial charge in [-0.2, -0.15) is 0 Å². The summed E-state index contributed by atoms with van der Waals surface area (Å²) in [5, 5.41) is 3.09. The Morgan fingerprint density at radius 3 is 2.47 bits per heavy atom. The van der Waals surface area contributed by atoms with Crippen LogP contribution in [0.4, 0.5) is 5.69 Å². The van der Waals surface area contributed by atoms with E-state index >= 15 is 0 Å². The van der Waals surface area contributed by atoms with Crippen LogP contribution < -0.4 is 10.2 Å². The van der Waals surface area contributed by atoms with E-state index in [2.05, 4.69) is 40.5 Å². The summed E-state index contributed by atoms with van der Waals surface area (Å²) < 4.78 is 0. The lowest BCUT2D eigenvalue weighted by molar-refractivity contribution is -0.126. The van der Waals surface area contributed by atoms with Gasteiger partial charge >= 0.3 is 0 Å². The molecule has 2 aliphatic rings. The summed E-state index contributed by atoms with van der Waals surface area (Å²) in [5.74, 6) is 0.748. The number of amides is 2. The number of anilines is 1. The fraction of sp³-hybridized carbons (Fsp3) is 0.481. The number of likely N-dealkylation sites (tertiary alicyclic amines) is 1. The first-order valence-electron chi connectivity index (χ1n) is 12.1. The highest BCUT2D eigenvalue weighted by molar-refractivity contribution is 6.03. The number of hydrogen-bond donors (Lipinski definition) is 1. The minimum Gasteiger partial charge on any atom is -0.354 e. The maximum atomic E-state index is 12.9. The Morgan fingerprint density at radius 1 is 1.00 bits per heavy atom. The molecule has 2 heterocycles. The van der Waals surface area contributed by atoms with Crippen molar-refractivity contribution < 1.29 is 9.59 Å². The van der Waals surface area contributed by atoms with E-state index in [-0.39, 0.29) is 11.8 Å². The minimum absolute atomic E-state index is 0.00785. The number of nitrogens with one attached hydrogen (secondary N) is 1.